The van der Waals surface area contributed by atoms with Gasteiger partial charge in [0, 0.05) is 6.54 Å². The molecule has 0 aromatic carbocycles. The van der Waals surface area contributed by atoms with Crippen LogP contribution in [-0.4, -0.2) is 23.5 Å². The summed E-state index contributed by atoms with van der Waals surface area (Å²) >= 11 is 0. The van der Waals surface area contributed by atoms with Gasteiger partial charge in [0.1, 0.15) is 5.92 Å². The van der Waals surface area contributed by atoms with Crippen LogP contribution in [0.1, 0.15) is 39.5 Å². The van der Waals surface area contributed by atoms with Crippen LogP contribution in [0.4, 0.5) is 0 Å². The van der Waals surface area contributed by atoms with Gasteiger partial charge in [-0.05, 0) is 31.6 Å². The average molecular weight is 227 g/mol. The van der Waals surface area contributed by atoms with E-state index in [-0.39, 0.29) is 5.91 Å². The summed E-state index contributed by atoms with van der Waals surface area (Å²) in [6, 6.07) is 0. The molecule has 2 N–H and O–H groups in total. The molecule has 0 aromatic heterocycles. The largest absolute Gasteiger partial charge is 0.481 e. The standard InChI is InChI=1S/C12H21NO3/c1-8-4-3-5-10(6-8)7-13-11(14)9(2)12(15)16/h8-10H,3-7H2,1-2H3,(H,13,14)(H,15,16). The molecule has 0 spiro atoms. The smallest absolute Gasteiger partial charge is 0.315 e. The van der Waals surface area contributed by atoms with E-state index in [9.17, 15) is 9.59 Å². The molecule has 4 heteroatoms. The van der Waals surface area contributed by atoms with Gasteiger partial charge < -0.3 is 10.4 Å². The predicted octanol–water partition coefficient (Wildman–Crippen LogP) is 1.65. The van der Waals surface area contributed by atoms with Crippen molar-refractivity contribution >= 4 is 11.9 Å². The molecule has 0 radical (unpaired) electrons. The highest BCUT2D eigenvalue weighted by atomic mass is 16.4. The average Bonchev–Trinajstić information content (AvgIpc) is 2.24. The minimum atomic E-state index is -1.06. The first-order valence-electron chi connectivity index (χ1n) is 6.01. The Hall–Kier alpha value is -1.06. The van der Waals surface area contributed by atoms with Crippen molar-refractivity contribution in [2.75, 3.05) is 6.54 Å². The van der Waals surface area contributed by atoms with Crippen LogP contribution in [-0.2, 0) is 9.59 Å². The first-order chi connectivity index (χ1) is 7.50. The highest BCUT2D eigenvalue weighted by molar-refractivity contribution is 5.96. The van der Waals surface area contributed by atoms with Gasteiger partial charge in [0.05, 0.1) is 0 Å². The SMILES string of the molecule is CC1CCCC(CNC(=O)C(C)C(=O)O)C1. The van der Waals surface area contributed by atoms with Crippen LogP contribution < -0.4 is 5.32 Å². The molecule has 1 rings (SSSR count). The van der Waals surface area contributed by atoms with Crippen molar-refractivity contribution in [2.45, 2.75) is 39.5 Å². The zero-order valence-electron chi connectivity index (χ0n) is 10.0. The van der Waals surface area contributed by atoms with Crippen molar-refractivity contribution in [1.29, 1.82) is 0 Å². The number of rotatable bonds is 4. The molecule has 1 aliphatic carbocycles. The lowest BCUT2D eigenvalue weighted by atomic mass is 9.82. The Morgan fingerprint density at radius 1 is 1.44 bits per heavy atom. The number of aliphatic carboxylic acids is 1. The Balaban J connectivity index is 2.28. The molecule has 4 nitrogen and oxygen atoms in total. The number of amides is 1. The van der Waals surface area contributed by atoms with Crippen molar-refractivity contribution in [3.05, 3.63) is 0 Å². The Morgan fingerprint density at radius 3 is 2.69 bits per heavy atom. The normalized spacial score (nSPS) is 27.1. The van der Waals surface area contributed by atoms with Crippen LogP contribution in [0.5, 0.6) is 0 Å². The van der Waals surface area contributed by atoms with Crippen molar-refractivity contribution in [3.63, 3.8) is 0 Å². The summed E-state index contributed by atoms with van der Waals surface area (Å²) in [5.41, 5.74) is 0. The maximum absolute atomic E-state index is 11.4. The van der Waals surface area contributed by atoms with Crippen molar-refractivity contribution < 1.29 is 14.7 Å². The van der Waals surface area contributed by atoms with Gasteiger partial charge in [-0.25, -0.2) is 0 Å². The second kappa shape index (κ2) is 5.87. The number of hydrogen-bond donors (Lipinski definition) is 2. The van der Waals surface area contributed by atoms with Crippen molar-refractivity contribution in [3.8, 4) is 0 Å². The first kappa shape index (κ1) is 13.0. The molecule has 0 saturated heterocycles. The molecule has 0 aromatic rings. The summed E-state index contributed by atoms with van der Waals surface area (Å²) in [7, 11) is 0. The molecule has 0 bridgehead atoms. The first-order valence-corrected chi connectivity index (χ1v) is 6.01. The van der Waals surface area contributed by atoms with Gasteiger partial charge in [-0.1, -0.05) is 19.8 Å². The van der Waals surface area contributed by atoms with E-state index in [1.165, 1.54) is 19.8 Å². The van der Waals surface area contributed by atoms with Gasteiger partial charge >= 0.3 is 5.97 Å². The summed E-state index contributed by atoms with van der Waals surface area (Å²) in [6.45, 7) is 4.27. The molecule has 3 atom stereocenters. The zero-order chi connectivity index (χ0) is 12.1. The highest BCUT2D eigenvalue weighted by Crippen LogP contribution is 2.27. The zero-order valence-corrected chi connectivity index (χ0v) is 10.0. The maximum atomic E-state index is 11.4. The molecule has 3 unspecified atom stereocenters. The summed E-state index contributed by atoms with van der Waals surface area (Å²) in [4.78, 5) is 22.0. The second-order valence-electron chi connectivity index (χ2n) is 4.94. The van der Waals surface area contributed by atoms with E-state index < -0.39 is 11.9 Å². The number of carbonyl (C=O) groups excluding carboxylic acids is 1. The molecule has 16 heavy (non-hydrogen) atoms. The van der Waals surface area contributed by atoms with E-state index in [1.54, 1.807) is 0 Å². The fourth-order valence-corrected chi connectivity index (χ4v) is 2.26. The maximum Gasteiger partial charge on any atom is 0.315 e. The van der Waals surface area contributed by atoms with Gasteiger partial charge in [-0.2, -0.15) is 0 Å². The summed E-state index contributed by atoms with van der Waals surface area (Å²) in [5.74, 6) is -1.12. The molecule has 1 saturated carbocycles. The molecule has 1 aliphatic rings. The topological polar surface area (TPSA) is 66.4 Å². The van der Waals surface area contributed by atoms with Crippen LogP contribution in [0.25, 0.3) is 0 Å². The molecular formula is C12H21NO3. The van der Waals surface area contributed by atoms with E-state index >= 15 is 0 Å². The van der Waals surface area contributed by atoms with E-state index in [0.717, 1.165) is 18.8 Å². The monoisotopic (exact) mass is 227 g/mol. The van der Waals surface area contributed by atoms with E-state index in [0.29, 0.717) is 12.5 Å². The third kappa shape index (κ3) is 3.83. The molecule has 92 valence electrons. The summed E-state index contributed by atoms with van der Waals surface area (Å²) in [5, 5.41) is 11.4. The van der Waals surface area contributed by atoms with Crippen molar-refractivity contribution in [2.24, 2.45) is 17.8 Å². The van der Waals surface area contributed by atoms with Crippen LogP contribution >= 0.6 is 0 Å². The summed E-state index contributed by atoms with van der Waals surface area (Å²) < 4.78 is 0. The minimum absolute atomic E-state index is 0.370. The fourth-order valence-electron chi connectivity index (χ4n) is 2.26. The quantitative estimate of drug-likeness (QED) is 0.718. The molecule has 0 heterocycles. The van der Waals surface area contributed by atoms with Crippen LogP contribution in [0.3, 0.4) is 0 Å². The Labute approximate surface area is 96.4 Å². The Bertz CT molecular complexity index is 265. The minimum Gasteiger partial charge on any atom is -0.481 e. The van der Waals surface area contributed by atoms with Crippen LogP contribution in [0.2, 0.25) is 0 Å². The molecule has 1 fully saturated rings. The van der Waals surface area contributed by atoms with Gasteiger partial charge in [0.15, 0.2) is 0 Å². The van der Waals surface area contributed by atoms with Crippen LogP contribution in [0, 0.1) is 17.8 Å². The predicted molar refractivity (Wildman–Crippen MR) is 60.9 cm³/mol. The molecule has 1 amide bonds. The van der Waals surface area contributed by atoms with Gasteiger partial charge in [0.25, 0.3) is 0 Å². The van der Waals surface area contributed by atoms with E-state index in [2.05, 4.69) is 12.2 Å². The lowest BCUT2D eigenvalue weighted by molar-refractivity contribution is -0.146. The Kier molecular flexibility index (Phi) is 4.77. The third-order valence-electron chi connectivity index (χ3n) is 3.37. The number of carbonyl (C=O) groups is 2. The lowest BCUT2D eigenvalue weighted by Gasteiger charge is -2.27. The number of nitrogens with one attached hydrogen (secondary N) is 1. The lowest BCUT2D eigenvalue weighted by Crippen LogP contribution is -2.37. The van der Waals surface area contributed by atoms with Gasteiger partial charge in [0.2, 0.25) is 5.91 Å². The summed E-state index contributed by atoms with van der Waals surface area (Å²) in [6.07, 6.45) is 4.78. The highest BCUT2D eigenvalue weighted by Gasteiger charge is 2.23. The van der Waals surface area contributed by atoms with E-state index in [1.807, 2.05) is 0 Å². The molecular weight excluding hydrogens is 206 g/mol. The van der Waals surface area contributed by atoms with Crippen molar-refractivity contribution in [1.82, 2.24) is 5.32 Å². The Morgan fingerprint density at radius 2 is 2.12 bits per heavy atom. The fraction of sp³-hybridized carbons (Fsp3) is 0.833. The third-order valence-corrected chi connectivity index (χ3v) is 3.37. The van der Waals surface area contributed by atoms with E-state index in [4.69, 9.17) is 5.11 Å². The number of carboxylic acids is 1. The number of hydrogen-bond acceptors (Lipinski definition) is 2. The second-order valence-corrected chi connectivity index (χ2v) is 4.94. The molecule has 0 aliphatic heterocycles. The van der Waals surface area contributed by atoms with Gasteiger partial charge in [-0.3, -0.25) is 9.59 Å². The van der Waals surface area contributed by atoms with Gasteiger partial charge in [-0.15, -0.1) is 0 Å². The van der Waals surface area contributed by atoms with Crippen LogP contribution in [0.15, 0.2) is 0 Å². The number of carboxylic acid groups (broad SMARTS) is 1.